The van der Waals surface area contributed by atoms with Gasteiger partial charge < -0.3 is 10.0 Å². The topological polar surface area (TPSA) is 39.6 Å². The van der Waals surface area contributed by atoms with Crippen molar-refractivity contribution < 1.29 is 5.11 Å². The van der Waals surface area contributed by atoms with Gasteiger partial charge in [0.1, 0.15) is 12.0 Å². The molecule has 0 amide bonds. The molecule has 2 aliphatic carbocycles. The fourth-order valence-electron chi connectivity index (χ4n) is 4.69. The van der Waals surface area contributed by atoms with Gasteiger partial charge in [0.15, 0.2) is 0 Å². The third-order valence-electron chi connectivity index (χ3n) is 6.52. The Hall–Kier alpha value is -2.17. The van der Waals surface area contributed by atoms with Gasteiger partial charge in [-0.1, -0.05) is 49.4 Å². The first-order valence-electron chi connectivity index (χ1n) is 10.6. The second-order valence-electron chi connectivity index (χ2n) is 8.50. The summed E-state index contributed by atoms with van der Waals surface area (Å²) >= 11 is 0. The highest BCUT2D eigenvalue weighted by Crippen LogP contribution is 2.41. The number of allylic oxidation sites excluding steroid dienone is 1. The summed E-state index contributed by atoms with van der Waals surface area (Å²) in [4.78, 5) is 9.65. The van der Waals surface area contributed by atoms with Crippen LogP contribution in [0, 0.1) is 5.92 Å². The lowest BCUT2D eigenvalue weighted by atomic mass is 9.85. The second kappa shape index (κ2) is 7.34. The zero-order valence-corrected chi connectivity index (χ0v) is 16.6. The molecule has 28 heavy (non-hydrogen) atoms. The molecule has 2 atom stereocenters. The normalized spacial score (nSPS) is 23.5. The summed E-state index contributed by atoms with van der Waals surface area (Å²) in [6, 6.07) is 10.6. The predicted molar refractivity (Wildman–Crippen MR) is 114 cm³/mol. The molecule has 2 aromatic rings. The molecule has 0 bridgehead atoms. The average molecular weight is 376 g/mol. The first-order chi connectivity index (χ1) is 13.7. The second-order valence-corrected chi connectivity index (χ2v) is 8.50. The number of piperazine rings is 1. The van der Waals surface area contributed by atoms with Crippen molar-refractivity contribution in [2.45, 2.75) is 38.3 Å². The highest BCUT2D eigenvalue weighted by atomic mass is 16.3. The Balaban J connectivity index is 1.45. The van der Waals surface area contributed by atoms with Crippen LogP contribution in [-0.2, 0) is 0 Å². The van der Waals surface area contributed by atoms with Gasteiger partial charge in [-0.2, -0.15) is 0 Å². The Kier molecular flexibility index (Phi) is 4.69. The molecule has 0 radical (unpaired) electrons. The van der Waals surface area contributed by atoms with Crippen molar-refractivity contribution in [2.75, 3.05) is 31.1 Å². The van der Waals surface area contributed by atoms with Crippen molar-refractivity contribution >= 4 is 11.9 Å². The largest absolute Gasteiger partial charge is 0.378 e. The number of anilines is 1. The van der Waals surface area contributed by atoms with Gasteiger partial charge in [-0.25, -0.2) is 4.98 Å². The molecule has 146 valence electrons. The molecule has 2 heterocycles. The van der Waals surface area contributed by atoms with E-state index in [1.807, 2.05) is 0 Å². The standard InChI is InChI=1S/C24H29N3O/c1-17-6-5-9-20-21(18-7-3-2-4-8-18)16-25-23(22(17)20)26-12-14-27(15-13-26)24(28)19-10-11-19/h2-5,7-9,16-17,19,24,28H,6,10-15H2,1H3. The smallest absolute Gasteiger partial charge is 0.132 e. The maximum atomic E-state index is 10.4. The number of aromatic nitrogens is 1. The maximum Gasteiger partial charge on any atom is 0.132 e. The zero-order valence-electron chi connectivity index (χ0n) is 16.6. The van der Waals surface area contributed by atoms with Crippen LogP contribution in [-0.4, -0.2) is 47.4 Å². The molecule has 1 aliphatic heterocycles. The molecule has 1 saturated carbocycles. The number of rotatable bonds is 4. The van der Waals surface area contributed by atoms with E-state index in [2.05, 4.69) is 65.4 Å². The van der Waals surface area contributed by atoms with Gasteiger partial charge in [0.25, 0.3) is 0 Å². The van der Waals surface area contributed by atoms with Gasteiger partial charge in [-0.15, -0.1) is 0 Å². The molecule has 1 aromatic carbocycles. The summed E-state index contributed by atoms with van der Waals surface area (Å²) in [7, 11) is 0. The minimum atomic E-state index is -0.244. The van der Waals surface area contributed by atoms with Crippen LogP contribution in [0.4, 0.5) is 5.82 Å². The van der Waals surface area contributed by atoms with E-state index in [0.717, 1.165) is 38.4 Å². The number of aliphatic hydroxyl groups is 1. The Morgan fingerprint density at radius 2 is 1.82 bits per heavy atom. The molecule has 1 aromatic heterocycles. The number of nitrogens with zero attached hydrogens (tertiary/aromatic N) is 3. The van der Waals surface area contributed by atoms with Crippen LogP contribution in [0.1, 0.15) is 43.2 Å². The summed E-state index contributed by atoms with van der Waals surface area (Å²) in [6.45, 7) is 6.02. The monoisotopic (exact) mass is 375 g/mol. The first kappa shape index (κ1) is 17.9. The minimum Gasteiger partial charge on any atom is -0.378 e. The minimum absolute atomic E-state index is 0.244. The number of hydrogen-bond donors (Lipinski definition) is 1. The molecule has 1 N–H and O–H groups in total. The van der Waals surface area contributed by atoms with Crippen molar-refractivity contribution in [3.05, 3.63) is 53.7 Å². The average Bonchev–Trinajstić information content (AvgIpc) is 3.59. The number of aliphatic hydroxyl groups excluding tert-OH is 1. The summed E-state index contributed by atoms with van der Waals surface area (Å²) in [5.41, 5.74) is 5.18. The predicted octanol–water partition coefficient (Wildman–Crippen LogP) is 4.12. The highest BCUT2D eigenvalue weighted by Gasteiger charge is 2.36. The number of benzene rings is 1. The van der Waals surface area contributed by atoms with E-state index in [9.17, 15) is 5.11 Å². The van der Waals surface area contributed by atoms with E-state index >= 15 is 0 Å². The Morgan fingerprint density at radius 1 is 1.07 bits per heavy atom. The van der Waals surface area contributed by atoms with Gasteiger partial charge >= 0.3 is 0 Å². The summed E-state index contributed by atoms with van der Waals surface area (Å²) in [5.74, 6) is 2.13. The lowest BCUT2D eigenvalue weighted by Crippen LogP contribution is -2.51. The Labute approximate surface area is 167 Å². The zero-order chi connectivity index (χ0) is 19.1. The Bertz CT molecular complexity index is 867. The first-order valence-corrected chi connectivity index (χ1v) is 10.6. The van der Waals surface area contributed by atoms with Crippen molar-refractivity contribution in [1.29, 1.82) is 0 Å². The highest BCUT2D eigenvalue weighted by molar-refractivity contribution is 5.81. The molecule has 2 fully saturated rings. The summed E-state index contributed by atoms with van der Waals surface area (Å²) < 4.78 is 0. The fourth-order valence-corrected chi connectivity index (χ4v) is 4.69. The molecule has 0 spiro atoms. The van der Waals surface area contributed by atoms with Crippen LogP contribution in [0.25, 0.3) is 17.2 Å². The van der Waals surface area contributed by atoms with E-state index in [1.165, 1.54) is 35.1 Å². The van der Waals surface area contributed by atoms with Crippen LogP contribution in [0.3, 0.4) is 0 Å². The van der Waals surface area contributed by atoms with Crippen molar-refractivity contribution in [3.63, 3.8) is 0 Å². The van der Waals surface area contributed by atoms with Gasteiger partial charge in [0.2, 0.25) is 0 Å². The number of fused-ring (bicyclic) bond motifs is 1. The SMILES string of the molecule is CC1CC=Cc2c(-c3ccccc3)cnc(N3CCN(C(O)C4CC4)CC3)c21. The van der Waals surface area contributed by atoms with Gasteiger partial charge in [-0.05, 0) is 42.2 Å². The van der Waals surface area contributed by atoms with Crippen LogP contribution >= 0.6 is 0 Å². The molecule has 5 rings (SSSR count). The van der Waals surface area contributed by atoms with Crippen molar-refractivity contribution in [2.24, 2.45) is 5.92 Å². The lowest BCUT2D eigenvalue weighted by Gasteiger charge is -2.39. The molecule has 4 nitrogen and oxygen atoms in total. The van der Waals surface area contributed by atoms with Crippen molar-refractivity contribution in [1.82, 2.24) is 9.88 Å². The molecule has 3 aliphatic rings. The summed E-state index contributed by atoms with van der Waals surface area (Å²) in [6.07, 6.45) is 9.83. The third kappa shape index (κ3) is 3.25. The van der Waals surface area contributed by atoms with Crippen LogP contribution in [0.15, 0.2) is 42.6 Å². The quantitative estimate of drug-likeness (QED) is 0.873. The van der Waals surface area contributed by atoms with E-state index in [-0.39, 0.29) is 6.23 Å². The summed E-state index contributed by atoms with van der Waals surface area (Å²) in [5, 5.41) is 10.4. The molecular weight excluding hydrogens is 346 g/mol. The van der Waals surface area contributed by atoms with E-state index in [4.69, 9.17) is 4.98 Å². The fraction of sp³-hybridized carbons (Fsp3) is 0.458. The Morgan fingerprint density at radius 3 is 2.54 bits per heavy atom. The van der Waals surface area contributed by atoms with Crippen molar-refractivity contribution in [3.8, 4) is 11.1 Å². The van der Waals surface area contributed by atoms with Crippen LogP contribution < -0.4 is 4.90 Å². The molecule has 2 unspecified atom stereocenters. The van der Waals surface area contributed by atoms with Gasteiger partial charge in [-0.3, -0.25) is 4.90 Å². The van der Waals surface area contributed by atoms with Gasteiger partial charge in [0.05, 0.1) is 0 Å². The number of hydrogen-bond acceptors (Lipinski definition) is 4. The maximum absolute atomic E-state index is 10.4. The van der Waals surface area contributed by atoms with E-state index in [0.29, 0.717) is 11.8 Å². The number of pyridine rings is 1. The molecule has 1 saturated heterocycles. The lowest BCUT2D eigenvalue weighted by molar-refractivity contribution is -0.0159. The van der Waals surface area contributed by atoms with E-state index < -0.39 is 0 Å². The molecular formula is C24H29N3O. The third-order valence-corrected chi connectivity index (χ3v) is 6.52. The molecule has 4 heteroatoms. The van der Waals surface area contributed by atoms with E-state index in [1.54, 1.807) is 0 Å². The van der Waals surface area contributed by atoms with Gasteiger partial charge in [0, 0.05) is 43.5 Å². The van der Waals surface area contributed by atoms with Crippen LogP contribution in [0.5, 0.6) is 0 Å². The van der Waals surface area contributed by atoms with Crippen LogP contribution in [0.2, 0.25) is 0 Å².